The molecule has 1 unspecified atom stereocenters. The number of hydrogen-bond donors (Lipinski definition) is 2. The van der Waals surface area contributed by atoms with Gasteiger partial charge in [0.25, 0.3) is 0 Å². The minimum absolute atomic E-state index is 0.0175. The highest BCUT2D eigenvalue weighted by atomic mass is 79.9. The summed E-state index contributed by atoms with van der Waals surface area (Å²) in [4.78, 5) is 12.5. The molecule has 0 spiro atoms. The average Bonchev–Trinajstić information content (AvgIpc) is 2.89. The quantitative estimate of drug-likeness (QED) is 0.894. The van der Waals surface area contributed by atoms with Gasteiger partial charge in [0.05, 0.1) is 18.3 Å². The van der Waals surface area contributed by atoms with Crippen LogP contribution in [0.1, 0.15) is 26.2 Å². The van der Waals surface area contributed by atoms with Crippen LogP contribution in [-0.2, 0) is 4.79 Å². The van der Waals surface area contributed by atoms with Crippen LogP contribution < -0.4 is 15.4 Å². The smallest absolute Gasteiger partial charge is 0.244 e. The van der Waals surface area contributed by atoms with Gasteiger partial charge in [-0.3, -0.25) is 4.79 Å². The number of anilines is 1. The Balaban J connectivity index is 2.20. The van der Waals surface area contributed by atoms with Gasteiger partial charge in [-0.1, -0.05) is 22.9 Å². The second-order valence-electron chi connectivity index (χ2n) is 4.76. The van der Waals surface area contributed by atoms with E-state index in [4.69, 9.17) is 4.74 Å². The van der Waals surface area contributed by atoms with E-state index < -0.39 is 5.54 Å². The molecule has 1 atom stereocenters. The van der Waals surface area contributed by atoms with E-state index in [0.29, 0.717) is 11.4 Å². The van der Waals surface area contributed by atoms with E-state index in [1.165, 1.54) is 0 Å². The highest BCUT2D eigenvalue weighted by molar-refractivity contribution is 9.10. The Kier molecular flexibility index (Phi) is 4.47. The topological polar surface area (TPSA) is 50.4 Å². The molecule has 0 radical (unpaired) electrons. The van der Waals surface area contributed by atoms with Gasteiger partial charge < -0.3 is 15.4 Å². The summed E-state index contributed by atoms with van der Waals surface area (Å²) in [7, 11) is 1.60. The van der Waals surface area contributed by atoms with Gasteiger partial charge in [-0.05, 0) is 44.0 Å². The highest BCUT2D eigenvalue weighted by Crippen LogP contribution is 2.30. The van der Waals surface area contributed by atoms with Crippen molar-refractivity contribution in [2.24, 2.45) is 0 Å². The van der Waals surface area contributed by atoms with E-state index in [0.717, 1.165) is 30.3 Å². The number of ether oxygens (including phenoxy) is 1. The fraction of sp³-hybridized carbons (Fsp3) is 0.500. The SMILES string of the molecule is CCC1(C(=O)Nc2cc(Br)ccc2OC)CCCN1. The molecule has 0 saturated carbocycles. The first-order chi connectivity index (χ1) is 9.11. The summed E-state index contributed by atoms with van der Waals surface area (Å²) in [5, 5.41) is 6.31. The Labute approximate surface area is 122 Å². The molecule has 0 aromatic heterocycles. The number of halogens is 1. The van der Waals surface area contributed by atoms with E-state index in [2.05, 4.69) is 26.6 Å². The van der Waals surface area contributed by atoms with Crippen molar-refractivity contribution in [3.8, 4) is 5.75 Å². The molecule has 19 heavy (non-hydrogen) atoms. The molecule has 1 saturated heterocycles. The molecule has 1 heterocycles. The van der Waals surface area contributed by atoms with Crippen molar-refractivity contribution in [1.82, 2.24) is 5.32 Å². The Bertz CT molecular complexity index is 471. The molecule has 1 aliphatic rings. The van der Waals surface area contributed by atoms with Crippen LogP contribution in [0.3, 0.4) is 0 Å². The van der Waals surface area contributed by atoms with Crippen LogP contribution in [0.25, 0.3) is 0 Å². The van der Waals surface area contributed by atoms with Gasteiger partial charge in [0.2, 0.25) is 5.91 Å². The minimum Gasteiger partial charge on any atom is -0.495 e. The molecular weight excluding hydrogens is 308 g/mol. The third-order valence-corrected chi connectivity index (χ3v) is 4.18. The molecule has 1 aliphatic heterocycles. The fourth-order valence-electron chi connectivity index (χ4n) is 2.48. The normalized spacial score (nSPS) is 22.3. The van der Waals surface area contributed by atoms with Gasteiger partial charge in [-0.15, -0.1) is 0 Å². The summed E-state index contributed by atoms with van der Waals surface area (Å²) >= 11 is 3.41. The maximum Gasteiger partial charge on any atom is 0.244 e. The first kappa shape index (κ1) is 14.3. The van der Waals surface area contributed by atoms with E-state index in [9.17, 15) is 4.79 Å². The van der Waals surface area contributed by atoms with Crippen LogP contribution in [0, 0.1) is 0 Å². The number of hydrogen-bond acceptors (Lipinski definition) is 3. The summed E-state index contributed by atoms with van der Waals surface area (Å²) in [6, 6.07) is 5.58. The van der Waals surface area contributed by atoms with Gasteiger partial charge in [0.1, 0.15) is 5.75 Å². The number of nitrogens with one attached hydrogen (secondary N) is 2. The maximum atomic E-state index is 12.5. The number of carbonyl (C=O) groups excluding carboxylic acids is 1. The van der Waals surface area contributed by atoms with Crippen LogP contribution in [0.2, 0.25) is 0 Å². The van der Waals surface area contributed by atoms with Crippen LogP contribution in [0.4, 0.5) is 5.69 Å². The first-order valence-corrected chi connectivity index (χ1v) is 7.30. The van der Waals surface area contributed by atoms with Crippen molar-refractivity contribution >= 4 is 27.5 Å². The molecule has 2 rings (SSSR count). The summed E-state index contributed by atoms with van der Waals surface area (Å²) in [6.45, 7) is 2.94. The fourth-order valence-corrected chi connectivity index (χ4v) is 2.84. The predicted molar refractivity (Wildman–Crippen MR) is 79.6 cm³/mol. The summed E-state index contributed by atoms with van der Waals surface area (Å²) in [6.07, 6.45) is 2.71. The molecule has 104 valence electrons. The monoisotopic (exact) mass is 326 g/mol. The van der Waals surface area contributed by atoms with Gasteiger partial charge in [0, 0.05) is 4.47 Å². The van der Waals surface area contributed by atoms with Crippen LogP contribution in [0.5, 0.6) is 5.75 Å². The molecule has 1 fully saturated rings. The van der Waals surface area contributed by atoms with E-state index in [1.807, 2.05) is 25.1 Å². The average molecular weight is 327 g/mol. The van der Waals surface area contributed by atoms with Gasteiger partial charge in [-0.25, -0.2) is 0 Å². The molecule has 5 heteroatoms. The zero-order valence-electron chi connectivity index (χ0n) is 11.3. The lowest BCUT2D eigenvalue weighted by molar-refractivity contribution is -0.122. The second kappa shape index (κ2) is 5.92. The lowest BCUT2D eigenvalue weighted by Crippen LogP contribution is -2.50. The van der Waals surface area contributed by atoms with Crippen molar-refractivity contribution < 1.29 is 9.53 Å². The van der Waals surface area contributed by atoms with E-state index >= 15 is 0 Å². The highest BCUT2D eigenvalue weighted by Gasteiger charge is 2.39. The Morgan fingerprint density at radius 2 is 2.37 bits per heavy atom. The van der Waals surface area contributed by atoms with Crippen molar-refractivity contribution in [1.29, 1.82) is 0 Å². The minimum atomic E-state index is -0.437. The van der Waals surface area contributed by atoms with Crippen LogP contribution in [0.15, 0.2) is 22.7 Å². The van der Waals surface area contributed by atoms with Crippen LogP contribution >= 0.6 is 15.9 Å². The van der Waals surface area contributed by atoms with Gasteiger partial charge >= 0.3 is 0 Å². The number of benzene rings is 1. The zero-order valence-corrected chi connectivity index (χ0v) is 12.8. The van der Waals surface area contributed by atoms with E-state index in [-0.39, 0.29) is 5.91 Å². The molecule has 1 aromatic rings. The van der Waals surface area contributed by atoms with Crippen molar-refractivity contribution in [2.75, 3.05) is 19.0 Å². The Morgan fingerprint density at radius 3 is 2.95 bits per heavy atom. The third-order valence-electron chi connectivity index (χ3n) is 3.69. The number of rotatable bonds is 4. The zero-order chi connectivity index (χ0) is 13.9. The molecule has 4 nitrogen and oxygen atoms in total. The summed E-state index contributed by atoms with van der Waals surface area (Å²) < 4.78 is 6.19. The summed E-state index contributed by atoms with van der Waals surface area (Å²) in [5.74, 6) is 0.685. The van der Waals surface area contributed by atoms with Crippen molar-refractivity contribution in [3.05, 3.63) is 22.7 Å². The van der Waals surface area contributed by atoms with Crippen LogP contribution in [-0.4, -0.2) is 25.1 Å². The van der Waals surface area contributed by atoms with Crippen molar-refractivity contribution in [3.63, 3.8) is 0 Å². The molecule has 2 N–H and O–H groups in total. The molecule has 0 bridgehead atoms. The van der Waals surface area contributed by atoms with Gasteiger partial charge in [-0.2, -0.15) is 0 Å². The lowest BCUT2D eigenvalue weighted by Gasteiger charge is -2.27. The Morgan fingerprint density at radius 1 is 1.58 bits per heavy atom. The maximum absolute atomic E-state index is 12.5. The third kappa shape index (κ3) is 2.92. The lowest BCUT2D eigenvalue weighted by atomic mass is 9.93. The van der Waals surface area contributed by atoms with E-state index in [1.54, 1.807) is 7.11 Å². The summed E-state index contributed by atoms with van der Waals surface area (Å²) in [5.41, 5.74) is 0.260. The molecule has 1 aromatic carbocycles. The molecular formula is C14H19BrN2O2. The number of carbonyl (C=O) groups is 1. The standard InChI is InChI=1S/C14H19BrN2O2/c1-3-14(7-4-8-16-14)13(18)17-11-9-10(15)5-6-12(11)19-2/h5-6,9,16H,3-4,7-8H2,1-2H3,(H,17,18). The molecule has 0 aliphatic carbocycles. The van der Waals surface area contributed by atoms with Gasteiger partial charge in [0.15, 0.2) is 0 Å². The molecule has 1 amide bonds. The number of methoxy groups -OCH3 is 1. The predicted octanol–water partition coefficient (Wildman–Crippen LogP) is 2.93. The Hall–Kier alpha value is -1.07. The first-order valence-electron chi connectivity index (χ1n) is 6.51. The largest absolute Gasteiger partial charge is 0.495 e. The number of amides is 1. The second-order valence-corrected chi connectivity index (χ2v) is 5.68. The van der Waals surface area contributed by atoms with Crippen molar-refractivity contribution in [2.45, 2.75) is 31.7 Å².